The zero-order valence-electron chi connectivity index (χ0n) is 16.6. The molecule has 0 saturated carbocycles. The van der Waals surface area contributed by atoms with Crippen LogP contribution in [-0.2, 0) is 19.1 Å². The molecule has 0 aliphatic carbocycles. The first-order valence-electron chi connectivity index (χ1n) is 9.96. The fraction of sp³-hybridized carbons (Fsp3) is 0.619. The van der Waals surface area contributed by atoms with Crippen molar-refractivity contribution < 1.29 is 28.9 Å². The third-order valence-electron chi connectivity index (χ3n) is 6.26. The van der Waals surface area contributed by atoms with Gasteiger partial charge in [-0.3, -0.25) is 4.79 Å². The molecule has 2 fully saturated rings. The summed E-state index contributed by atoms with van der Waals surface area (Å²) in [6.07, 6.45) is 1.62. The number of benzene rings is 1. The van der Waals surface area contributed by atoms with E-state index in [0.717, 1.165) is 24.2 Å². The lowest BCUT2D eigenvalue weighted by atomic mass is 9.70. The van der Waals surface area contributed by atoms with E-state index in [4.69, 9.17) is 30.9 Å². The summed E-state index contributed by atoms with van der Waals surface area (Å²) in [6.45, 7) is 4.65. The molecule has 4 rings (SSSR count). The number of nitrogens with zero attached hydrogens (tertiary/aromatic N) is 1. The molecule has 158 valence electrons. The zero-order chi connectivity index (χ0) is 20.8. The number of carboxylic acids is 1. The molecular formula is C21H26ClNO6. The van der Waals surface area contributed by atoms with E-state index in [1.54, 1.807) is 4.90 Å². The molecule has 0 radical (unpaired) electrons. The molecule has 0 spiro atoms. The second-order valence-electron chi connectivity index (χ2n) is 8.60. The van der Waals surface area contributed by atoms with Crippen molar-refractivity contribution in [2.45, 2.75) is 44.5 Å². The Morgan fingerprint density at radius 3 is 2.90 bits per heavy atom. The van der Waals surface area contributed by atoms with Crippen LogP contribution >= 0.6 is 11.6 Å². The topological polar surface area (TPSA) is 85.3 Å². The van der Waals surface area contributed by atoms with Crippen LogP contribution in [0.5, 0.6) is 5.75 Å². The Hall–Kier alpha value is -1.83. The maximum Gasteiger partial charge on any atom is 0.329 e. The van der Waals surface area contributed by atoms with E-state index in [2.05, 4.69) is 13.8 Å². The number of rotatable bonds is 4. The number of piperidine rings is 1. The SMILES string of the molecule is CC1(C)Oc2ccc(Cl)cc2[C@H]2O[C@H]3CCN(C(=O)COCC(=O)O)C[C@H]3C[C@@H]21. The van der Waals surface area contributed by atoms with E-state index in [9.17, 15) is 9.59 Å². The maximum atomic E-state index is 12.4. The maximum absolute atomic E-state index is 12.4. The second kappa shape index (κ2) is 7.78. The van der Waals surface area contributed by atoms with Crippen LogP contribution in [0, 0.1) is 11.8 Å². The van der Waals surface area contributed by atoms with Gasteiger partial charge in [0.15, 0.2) is 0 Å². The number of halogens is 1. The summed E-state index contributed by atoms with van der Waals surface area (Å²) in [4.78, 5) is 24.7. The molecule has 7 nitrogen and oxygen atoms in total. The molecule has 1 aromatic rings. The fourth-order valence-corrected chi connectivity index (χ4v) is 5.01. The summed E-state index contributed by atoms with van der Waals surface area (Å²) >= 11 is 6.23. The molecule has 3 aliphatic rings. The highest BCUT2D eigenvalue weighted by Gasteiger charge is 2.51. The lowest BCUT2D eigenvalue weighted by Gasteiger charge is -2.53. The number of aliphatic carboxylic acids is 1. The van der Waals surface area contributed by atoms with Gasteiger partial charge in [0.25, 0.3) is 0 Å². The minimum Gasteiger partial charge on any atom is -0.487 e. The molecule has 1 amide bonds. The molecule has 8 heteroatoms. The molecule has 4 atom stereocenters. The van der Waals surface area contributed by atoms with Gasteiger partial charge in [0, 0.05) is 35.5 Å². The van der Waals surface area contributed by atoms with Crippen LogP contribution in [0.4, 0.5) is 0 Å². The van der Waals surface area contributed by atoms with Gasteiger partial charge in [-0.1, -0.05) is 11.6 Å². The lowest BCUT2D eigenvalue weighted by molar-refractivity contribution is -0.189. The molecule has 3 heterocycles. The molecule has 1 aromatic carbocycles. The van der Waals surface area contributed by atoms with Gasteiger partial charge in [0.2, 0.25) is 5.91 Å². The average Bonchev–Trinajstić information content (AvgIpc) is 2.66. The van der Waals surface area contributed by atoms with Crippen LogP contribution in [0.2, 0.25) is 5.02 Å². The van der Waals surface area contributed by atoms with Crippen LogP contribution in [0.15, 0.2) is 18.2 Å². The Bertz CT molecular complexity index is 812. The average molecular weight is 424 g/mol. The predicted molar refractivity (Wildman–Crippen MR) is 105 cm³/mol. The minimum absolute atomic E-state index is 0.0703. The van der Waals surface area contributed by atoms with Crippen molar-refractivity contribution in [1.82, 2.24) is 4.90 Å². The summed E-state index contributed by atoms with van der Waals surface area (Å²) in [6, 6.07) is 5.67. The van der Waals surface area contributed by atoms with Crippen molar-refractivity contribution in [1.29, 1.82) is 0 Å². The highest BCUT2D eigenvalue weighted by atomic mass is 35.5. The van der Waals surface area contributed by atoms with Gasteiger partial charge in [-0.25, -0.2) is 4.79 Å². The third kappa shape index (κ3) is 4.09. The fourth-order valence-electron chi connectivity index (χ4n) is 4.82. The number of hydrogen-bond acceptors (Lipinski definition) is 5. The van der Waals surface area contributed by atoms with E-state index in [0.29, 0.717) is 18.1 Å². The molecular weight excluding hydrogens is 398 g/mol. The van der Waals surface area contributed by atoms with Gasteiger partial charge in [-0.15, -0.1) is 0 Å². The van der Waals surface area contributed by atoms with E-state index >= 15 is 0 Å². The van der Waals surface area contributed by atoms with Crippen molar-refractivity contribution >= 4 is 23.5 Å². The monoisotopic (exact) mass is 423 g/mol. The van der Waals surface area contributed by atoms with Crippen LogP contribution < -0.4 is 4.74 Å². The van der Waals surface area contributed by atoms with E-state index < -0.39 is 18.2 Å². The summed E-state index contributed by atoms with van der Waals surface area (Å²) < 4.78 is 17.8. The number of fused-ring (bicyclic) bond motifs is 4. The van der Waals surface area contributed by atoms with Crippen LogP contribution in [0.3, 0.4) is 0 Å². The Morgan fingerprint density at radius 2 is 2.14 bits per heavy atom. The highest BCUT2D eigenvalue weighted by Crippen LogP contribution is 2.53. The molecule has 0 unspecified atom stereocenters. The lowest BCUT2D eigenvalue weighted by Crippen LogP contribution is -2.56. The number of carbonyl (C=O) groups excluding carboxylic acids is 1. The second-order valence-corrected chi connectivity index (χ2v) is 9.04. The smallest absolute Gasteiger partial charge is 0.329 e. The van der Waals surface area contributed by atoms with E-state index in [-0.39, 0.29) is 36.6 Å². The standard InChI is InChI=1S/C21H26ClNO6/c1-21(2)15-7-12-9-23(18(24)10-27-11-19(25)26)6-5-16(12)28-20(15)14-8-13(22)3-4-17(14)29-21/h3-4,8,12,15-16,20H,5-7,9-11H2,1-2H3,(H,25,26)/t12-,15+,16+,20-/m1/s1. The van der Waals surface area contributed by atoms with Crippen LogP contribution in [-0.4, -0.2) is 59.9 Å². The van der Waals surface area contributed by atoms with Gasteiger partial charge in [0.05, 0.1) is 12.2 Å². The molecule has 1 N–H and O–H groups in total. The molecule has 29 heavy (non-hydrogen) atoms. The Morgan fingerprint density at radius 1 is 1.34 bits per heavy atom. The van der Waals surface area contributed by atoms with Crippen LogP contribution in [0.25, 0.3) is 0 Å². The van der Waals surface area contributed by atoms with Gasteiger partial charge in [0.1, 0.15) is 24.6 Å². The first-order chi connectivity index (χ1) is 13.7. The Balaban J connectivity index is 1.47. The normalized spacial score (nSPS) is 29.8. The quantitative estimate of drug-likeness (QED) is 0.801. The molecule has 3 aliphatic heterocycles. The summed E-state index contributed by atoms with van der Waals surface area (Å²) in [5.41, 5.74) is 0.605. The number of amides is 1. The summed E-state index contributed by atoms with van der Waals surface area (Å²) in [5.74, 6) is -0.0846. The van der Waals surface area contributed by atoms with Gasteiger partial charge >= 0.3 is 5.97 Å². The number of hydrogen-bond donors (Lipinski definition) is 1. The Kier molecular flexibility index (Phi) is 5.48. The summed E-state index contributed by atoms with van der Waals surface area (Å²) in [5, 5.41) is 9.32. The van der Waals surface area contributed by atoms with Crippen molar-refractivity contribution in [3.05, 3.63) is 28.8 Å². The van der Waals surface area contributed by atoms with Crippen molar-refractivity contribution in [2.24, 2.45) is 11.8 Å². The van der Waals surface area contributed by atoms with Gasteiger partial charge in [-0.05, 0) is 44.9 Å². The molecule has 0 aromatic heterocycles. The minimum atomic E-state index is -1.08. The first kappa shape index (κ1) is 20.4. The zero-order valence-corrected chi connectivity index (χ0v) is 17.4. The van der Waals surface area contributed by atoms with Gasteiger partial charge in [-0.2, -0.15) is 0 Å². The van der Waals surface area contributed by atoms with Gasteiger partial charge < -0.3 is 24.2 Å². The number of carbonyl (C=O) groups is 2. The predicted octanol–water partition coefficient (Wildman–Crippen LogP) is 2.91. The van der Waals surface area contributed by atoms with Crippen LogP contribution in [0.1, 0.15) is 38.4 Å². The van der Waals surface area contributed by atoms with E-state index in [1.807, 2.05) is 18.2 Å². The molecule has 0 bridgehead atoms. The summed E-state index contributed by atoms with van der Waals surface area (Å²) in [7, 11) is 0. The highest BCUT2D eigenvalue weighted by molar-refractivity contribution is 6.30. The number of carboxylic acid groups (broad SMARTS) is 1. The van der Waals surface area contributed by atoms with Crippen molar-refractivity contribution in [3.8, 4) is 5.75 Å². The largest absolute Gasteiger partial charge is 0.487 e. The Labute approximate surface area is 174 Å². The number of likely N-dealkylation sites (tertiary alicyclic amines) is 1. The van der Waals surface area contributed by atoms with E-state index in [1.165, 1.54) is 0 Å². The molecule has 2 saturated heterocycles. The van der Waals surface area contributed by atoms with Crippen molar-refractivity contribution in [2.75, 3.05) is 26.3 Å². The first-order valence-corrected chi connectivity index (χ1v) is 10.3. The number of ether oxygens (including phenoxy) is 3. The third-order valence-corrected chi connectivity index (χ3v) is 6.49. The van der Waals surface area contributed by atoms with Crippen molar-refractivity contribution in [3.63, 3.8) is 0 Å².